The molecule has 3 aliphatic heterocycles. The second-order valence-electron chi connectivity index (χ2n) is 7.31. The first kappa shape index (κ1) is 18.5. The van der Waals surface area contributed by atoms with E-state index in [9.17, 15) is 13.2 Å². The van der Waals surface area contributed by atoms with Crippen molar-refractivity contribution in [3.05, 3.63) is 42.5 Å². The minimum Gasteiger partial charge on any atom is -0.490 e. The number of amides is 1. The van der Waals surface area contributed by atoms with Gasteiger partial charge >= 0.3 is 0 Å². The molecule has 3 heterocycles. The molecule has 0 saturated carbocycles. The number of ether oxygens (including phenoxy) is 2. The van der Waals surface area contributed by atoms with Crippen LogP contribution in [0.5, 0.6) is 5.75 Å². The van der Waals surface area contributed by atoms with Crippen molar-refractivity contribution < 1.29 is 22.7 Å². The van der Waals surface area contributed by atoms with Gasteiger partial charge in [0.2, 0.25) is 10.0 Å². The smallest absolute Gasteiger partial charge is 0.254 e. The van der Waals surface area contributed by atoms with E-state index in [1.807, 2.05) is 6.92 Å². The van der Waals surface area contributed by atoms with Crippen molar-refractivity contribution in [2.24, 2.45) is 0 Å². The summed E-state index contributed by atoms with van der Waals surface area (Å²) in [5, 5.41) is -0.553. The van der Waals surface area contributed by atoms with Crippen LogP contribution in [0.4, 0.5) is 0 Å². The lowest BCUT2D eigenvalue weighted by Gasteiger charge is -2.39. The summed E-state index contributed by atoms with van der Waals surface area (Å²) < 4.78 is 38.5. The number of likely N-dealkylation sites (N-methyl/N-ethyl adjacent to an activating group) is 1. The molecule has 1 aromatic carbocycles. The van der Waals surface area contributed by atoms with E-state index >= 15 is 0 Å². The maximum atomic E-state index is 13.0. The molecule has 3 saturated heterocycles. The highest BCUT2D eigenvalue weighted by atomic mass is 32.2. The fourth-order valence-corrected chi connectivity index (χ4v) is 6.75. The Morgan fingerprint density at radius 2 is 2.11 bits per heavy atom. The van der Waals surface area contributed by atoms with Crippen LogP contribution in [0, 0.1) is 0 Å². The highest BCUT2D eigenvalue weighted by molar-refractivity contribution is 7.90. The van der Waals surface area contributed by atoms with Gasteiger partial charge in [-0.25, -0.2) is 8.42 Å². The Kier molecular flexibility index (Phi) is 4.52. The Morgan fingerprint density at radius 3 is 2.78 bits per heavy atom. The van der Waals surface area contributed by atoms with Gasteiger partial charge in [-0.2, -0.15) is 4.31 Å². The summed E-state index contributed by atoms with van der Waals surface area (Å²) in [6.07, 6.45) is 1.89. The largest absolute Gasteiger partial charge is 0.490 e. The van der Waals surface area contributed by atoms with Gasteiger partial charge in [0.25, 0.3) is 5.91 Å². The monoisotopic (exact) mass is 392 g/mol. The third-order valence-electron chi connectivity index (χ3n) is 5.62. The molecule has 3 fully saturated rings. The molecule has 2 bridgehead atoms. The summed E-state index contributed by atoms with van der Waals surface area (Å²) in [5.74, 6) is 0.568. The van der Waals surface area contributed by atoms with Gasteiger partial charge in [-0.05, 0) is 30.7 Å². The summed E-state index contributed by atoms with van der Waals surface area (Å²) in [4.78, 5) is 14.7. The lowest BCUT2D eigenvalue weighted by atomic mass is 9.99. The predicted octanol–water partition coefficient (Wildman–Crippen LogP) is 1.27. The first-order valence-corrected chi connectivity index (χ1v) is 10.7. The molecule has 4 rings (SSSR count). The highest BCUT2D eigenvalue weighted by Gasteiger charge is 2.65. The molecule has 1 aromatic rings. The van der Waals surface area contributed by atoms with Gasteiger partial charge in [-0.1, -0.05) is 19.6 Å². The number of morpholine rings is 1. The second kappa shape index (κ2) is 6.61. The zero-order valence-electron chi connectivity index (χ0n) is 15.3. The van der Waals surface area contributed by atoms with Gasteiger partial charge in [0.1, 0.15) is 23.2 Å². The lowest BCUT2D eigenvalue weighted by molar-refractivity contribution is -0.0974. The summed E-state index contributed by atoms with van der Waals surface area (Å²) in [7, 11) is -3.36. The van der Waals surface area contributed by atoms with E-state index in [0.717, 1.165) is 0 Å². The fourth-order valence-electron chi connectivity index (χ4n) is 4.42. The first-order valence-electron chi connectivity index (χ1n) is 9.19. The SMILES string of the molecule is C=CCOc1ccc(C(=O)N2C[C@H]3C[C@H]4C(C2)(CN(CC)S4(=O)=O)O3)cc1. The molecule has 0 radical (unpaired) electrons. The van der Waals surface area contributed by atoms with Crippen LogP contribution in [0.15, 0.2) is 36.9 Å². The Balaban J connectivity index is 1.53. The Morgan fingerprint density at radius 1 is 1.37 bits per heavy atom. The van der Waals surface area contributed by atoms with Crippen molar-refractivity contribution in [3.8, 4) is 5.75 Å². The molecule has 1 unspecified atom stereocenters. The standard InChI is InChI=1S/C19H24N2O5S/c1-3-9-25-15-7-5-14(6-8-15)18(22)20-11-16-10-17-19(12-20,26-16)13-21(4-2)27(17,23)24/h3,5-8,16-17H,1,4,9-13H2,2H3/t16-,17+,19?/m1/s1. The van der Waals surface area contributed by atoms with Gasteiger partial charge in [0, 0.05) is 25.2 Å². The fraction of sp³-hybridized carbons (Fsp3) is 0.526. The average molecular weight is 392 g/mol. The topological polar surface area (TPSA) is 76.2 Å². The number of hydrogen-bond acceptors (Lipinski definition) is 5. The number of sulfonamides is 1. The predicted molar refractivity (Wildman–Crippen MR) is 100 cm³/mol. The van der Waals surface area contributed by atoms with Crippen molar-refractivity contribution >= 4 is 15.9 Å². The van der Waals surface area contributed by atoms with E-state index < -0.39 is 20.9 Å². The normalized spacial score (nSPS) is 31.5. The number of fused-ring (bicyclic) bond motifs is 1. The Labute approximate surface area is 159 Å². The van der Waals surface area contributed by atoms with E-state index in [1.165, 1.54) is 4.31 Å². The third kappa shape index (κ3) is 2.96. The van der Waals surface area contributed by atoms with Crippen LogP contribution in [0.3, 0.4) is 0 Å². The number of nitrogens with zero attached hydrogens (tertiary/aromatic N) is 2. The molecule has 1 spiro atoms. The molecule has 0 aliphatic carbocycles. The first-order chi connectivity index (χ1) is 12.9. The van der Waals surface area contributed by atoms with Gasteiger partial charge in [-0.3, -0.25) is 4.79 Å². The molecule has 146 valence electrons. The molecular weight excluding hydrogens is 368 g/mol. The van der Waals surface area contributed by atoms with Gasteiger partial charge in [0.05, 0.1) is 12.6 Å². The summed E-state index contributed by atoms with van der Waals surface area (Å²) in [6.45, 7) is 7.32. The van der Waals surface area contributed by atoms with Crippen LogP contribution in [0.2, 0.25) is 0 Å². The van der Waals surface area contributed by atoms with Gasteiger partial charge in [-0.15, -0.1) is 0 Å². The van der Waals surface area contributed by atoms with Crippen LogP contribution in [-0.2, 0) is 14.8 Å². The second-order valence-corrected chi connectivity index (χ2v) is 9.43. The van der Waals surface area contributed by atoms with Gasteiger partial charge < -0.3 is 14.4 Å². The van der Waals surface area contributed by atoms with Crippen LogP contribution in [-0.4, -0.2) is 73.3 Å². The molecule has 8 heteroatoms. The van der Waals surface area contributed by atoms with Crippen molar-refractivity contribution in [1.29, 1.82) is 0 Å². The zero-order valence-corrected chi connectivity index (χ0v) is 16.2. The number of carbonyl (C=O) groups excluding carboxylic acids is 1. The van der Waals surface area contributed by atoms with Crippen molar-refractivity contribution in [2.45, 2.75) is 30.3 Å². The van der Waals surface area contributed by atoms with Crippen LogP contribution in [0.1, 0.15) is 23.7 Å². The lowest BCUT2D eigenvalue weighted by Crippen LogP contribution is -2.56. The maximum absolute atomic E-state index is 13.0. The molecule has 27 heavy (non-hydrogen) atoms. The zero-order chi connectivity index (χ0) is 19.2. The summed E-state index contributed by atoms with van der Waals surface area (Å²) in [5.41, 5.74) is -0.246. The van der Waals surface area contributed by atoms with Crippen molar-refractivity contribution in [2.75, 3.05) is 32.8 Å². The molecular formula is C19H24N2O5S. The Bertz CT molecular complexity index is 853. The number of rotatable bonds is 5. The summed E-state index contributed by atoms with van der Waals surface area (Å²) >= 11 is 0. The Hall–Kier alpha value is -1.90. The molecule has 0 aromatic heterocycles. The number of benzene rings is 1. The van der Waals surface area contributed by atoms with E-state index in [4.69, 9.17) is 9.47 Å². The van der Waals surface area contributed by atoms with E-state index in [1.54, 1.807) is 35.2 Å². The number of hydrogen-bond donors (Lipinski definition) is 0. The minimum absolute atomic E-state index is 0.106. The molecule has 1 amide bonds. The quantitative estimate of drug-likeness (QED) is 0.706. The molecule has 3 aliphatic rings. The van der Waals surface area contributed by atoms with Gasteiger partial charge in [0.15, 0.2) is 0 Å². The molecule has 3 atom stereocenters. The van der Waals surface area contributed by atoms with Crippen LogP contribution in [0.25, 0.3) is 0 Å². The summed E-state index contributed by atoms with van der Waals surface area (Å²) in [6, 6.07) is 6.98. The van der Waals surface area contributed by atoms with Crippen molar-refractivity contribution in [1.82, 2.24) is 9.21 Å². The maximum Gasteiger partial charge on any atom is 0.254 e. The number of likely N-dealkylation sites (tertiary alicyclic amines) is 1. The van der Waals surface area contributed by atoms with Crippen LogP contribution >= 0.6 is 0 Å². The molecule has 7 nitrogen and oxygen atoms in total. The van der Waals surface area contributed by atoms with Crippen LogP contribution < -0.4 is 4.74 Å². The van der Waals surface area contributed by atoms with E-state index in [-0.39, 0.29) is 12.0 Å². The average Bonchev–Trinajstić information content (AvgIpc) is 3.04. The third-order valence-corrected chi connectivity index (χ3v) is 8.07. The highest BCUT2D eigenvalue weighted by Crippen LogP contribution is 2.46. The van der Waals surface area contributed by atoms with Crippen molar-refractivity contribution in [3.63, 3.8) is 0 Å². The molecule has 0 N–H and O–H groups in total. The van der Waals surface area contributed by atoms with E-state index in [0.29, 0.717) is 50.5 Å². The minimum atomic E-state index is -3.36. The number of carbonyl (C=O) groups is 1. The van der Waals surface area contributed by atoms with E-state index in [2.05, 4.69) is 6.58 Å².